The number of rotatable bonds is 7. The molecule has 3 aromatic rings. The van der Waals surface area contributed by atoms with Gasteiger partial charge in [0.25, 0.3) is 11.1 Å². The third-order valence-electron chi connectivity index (χ3n) is 5.54. The van der Waals surface area contributed by atoms with Gasteiger partial charge in [0.2, 0.25) is 11.8 Å². The van der Waals surface area contributed by atoms with Crippen molar-refractivity contribution < 1.29 is 10.2 Å². The number of hydrogen-bond donors (Lipinski definition) is 2. The largest absolute Gasteiger partial charge is 0.494 e. The standard InChI is InChI=1S/C21H26N4O4S3/c1-5-22-16(26)14(17(27)23(6-2)20(22)30)13(12-10-9-11-32-12)15-18(28)24(7-3)21(31)25(8-4)19(15)29/h9-11,13,26,28H,5-8H2,1-4H3. The lowest BCUT2D eigenvalue weighted by Crippen LogP contribution is -2.34. The fraction of sp³-hybridized carbons (Fsp3) is 0.429. The highest BCUT2D eigenvalue weighted by Crippen LogP contribution is 2.39. The van der Waals surface area contributed by atoms with Gasteiger partial charge in [-0.05, 0) is 63.6 Å². The molecule has 0 fully saturated rings. The summed E-state index contributed by atoms with van der Waals surface area (Å²) in [7, 11) is 0. The molecule has 11 heteroatoms. The van der Waals surface area contributed by atoms with Crippen molar-refractivity contribution in [2.45, 2.75) is 59.8 Å². The van der Waals surface area contributed by atoms with E-state index in [0.29, 0.717) is 31.1 Å². The van der Waals surface area contributed by atoms with Crippen LogP contribution in [0.25, 0.3) is 0 Å². The van der Waals surface area contributed by atoms with Gasteiger partial charge in [0, 0.05) is 31.1 Å². The average molecular weight is 495 g/mol. The second kappa shape index (κ2) is 9.55. The SMILES string of the molecule is CCn1c(O)c(C(c2cccs2)c2c(O)n(CC)c(=S)n(CC)c2=O)c(=O)n(CC)c1=S. The number of thiophene rings is 1. The van der Waals surface area contributed by atoms with E-state index in [2.05, 4.69) is 0 Å². The van der Waals surface area contributed by atoms with Gasteiger partial charge in [-0.25, -0.2) is 0 Å². The molecule has 0 aromatic carbocycles. The summed E-state index contributed by atoms with van der Waals surface area (Å²) in [6, 6.07) is 3.57. The fourth-order valence-electron chi connectivity index (χ4n) is 3.94. The third-order valence-corrected chi connectivity index (χ3v) is 7.36. The van der Waals surface area contributed by atoms with E-state index in [4.69, 9.17) is 24.4 Å². The van der Waals surface area contributed by atoms with Gasteiger partial charge in [0.15, 0.2) is 9.54 Å². The van der Waals surface area contributed by atoms with Gasteiger partial charge < -0.3 is 10.2 Å². The molecule has 2 N–H and O–H groups in total. The van der Waals surface area contributed by atoms with E-state index in [-0.39, 0.29) is 32.4 Å². The number of hydrogen-bond acceptors (Lipinski definition) is 7. The highest BCUT2D eigenvalue weighted by Gasteiger charge is 2.33. The summed E-state index contributed by atoms with van der Waals surface area (Å²) in [5, 5.41) is 24.1. The second-order valence-corrected chi connectivity index (χ2v) is 8.79. The van der Waals surface area contributed by atoms with E-state index in [9.17, 15) is 19.8 Å². The Labute approximate surface area is 199 Å². The predicted octanol–water partition coefficient (Wildman–Crippen LogP) is 3.80. The second-order valence-electron chi connectivity index (χ2n) is 7.08. The molecule has 3 rings (SSSR count). The molecule has 3 aromatic heterocycles. The first-order chi connectivity index (χ1) is 15.2. The minimum absolute atomic E-state index is 0.000394. The molecule has 0 amide bonds. The van der Waals surface area contributed by atoms with Crippen molar-refractivity contribution in [1.29, 1.82) is 0 Å². The zero-order chi connectivity index (χ0) is 23.7. The van der Waals surface area contributed by atoms with Crippen molar-refractivity contribution in [2.24, 2.45) is 0 Å². The number of aromatic nitrogens is 4. The van der Waals surface area contributed by atoms with Crippen LogP contribution in [0.3, 0.4) is 0 Å². The van der Waals surface area contributed by atoms with Crippen LogP contribution < -0.4 is 11.1 Å². The highest BCUT2D eigenvalue weighted by molar-refractivity contribution is 7.71. The van der Waals surface area contributed by atoms with E-state index in [0.717, 1.165) is 0 Å². The molecule has 0 aliphatic heterocycles. The van der Waals surface area contributed by atoms with Crippen LogP contribution in [-0.2, 0) is 26.2 Å². The molecule has 0 saturated carbocycles. The van der Waals surface area contributed by atoms with Crippen LogP contribution >= 0.6 is 35.8 Å². The summed E-state index contributed by atoms with van der Waals surface area (Å²) < 4.78 is 6.09. The van der Waals surface area contributed by atoms with E-state index in [1.807, 2.05) is 19.2 Å². The maximum absolute atomic E-state index is 13.5. The number of nitrogens with zero attached hydrogens (tertiary/aromatic N) is 4. The topological polar surface area (TPSA) is 94.3 Å². The molecular weight excluding hydrogens is 468 g/mol. The van der Waals surface area contributed by atoms with Crippen molar-refractivity contribution in [3.8, 4) is 11.8 Å². The van der Waals surface area contributed by atoms with Crippen LogP contribution in [0.2, 0.25) is 0 Å². The zero-order valence-electron chi connectivity index (χ0n) is 18.4. The van der Waals surface area contributed by atoms with Gasteiger partial charge in [0.05, 0.1) is 17.0 Å². The lowest BCUT2D eigenvalue weighted by molar-refractivity contribution is 0.381. The first kappa shape index (κ1) is 24.1. The molecule has 3 heterocycles. The first-order valence-corrected chi connectivity index (χ1v) is 12.1. The molecule has 0 radical (unpaired) electrons. The Morgan fingerprint density at radius 1 is 0.812 bits per heavy atom. The van der Waals surface area contributed by atoms with Gasteiger partial charge in [-0.2, -0.15) is 0 Å². The third kappa shape index (κ3) is 3.67. The molecule has 32 heavy (non-hydrogen) atoms. The molecule has 0 aliphatic rings. The lowest BCUT2D eigenvalue weighted by Gasteiger charge is -2.24. The van der Waals surface area contributed by atoms with E-state index in [1.165, 1.54) is 29.6 Å². The summed E-state index contributed by atoms with van der Waals surface area (Å²) >= 11 is 12.2. The van der Waals surface area contributed by atoms with Crippen molar-refractivity contribution in [3.05, 3.63) is 63.8 Å². The molecule has 0 bridgehead atoms. The van der Waals surface area contributed by atoms with Gasteiger partial charge in [-0.15, -0.1) is 11.3 Å². The molecule has 0 aliphatic carbocycles. The monoisotopic (exact) mass is 494 g/mol. The van der Waals surface area contributed by atoms with Crippen LogP contribution in [-0.4, -0.2) is 28.5 Å². The van der Waals surface area contributed by atoms with Crippen molar-refractivity contribution >= 4 is 35.8 Å². The Hall–Kier alpha value is -2.50. The maximum atomic E-state index is 13.5. The normalized spacial score (nSPS) is 11.4. The minimum atomic E-state index is -0.993. The van der Waals surface area contributed by atoms with Gasteiger partial charge in [0.1, 0.15) is 0 Å². The van der Waals surface area contributed by atoms with Crippen LogP contribution in [0.4, 0.5) is 0 Å². The highest BCUT2D eigenvalue weighted by atomic mass is 32.1. The Morgan fingerprint density at radius 2 is 1.22 bits per heavy atom. The van der Waals surface area contributed by atoms with Crippen LogP contribution in [0, 0.1) is 9.54 Å². The van der Waals surface area contributed by atoms with E-state index >= 15 is 0 Å². The summed E-state index contributed by atoms with van der Waals surface area (Å²) in [6.45, 7) is 8.46. The van der Waals surface area contributed by atoms with E-state index < -0.39 is 17.0 Å². The van der Waals surface area contributed by atoms with Crippen molar-refractivity contribution in [1.82, 2.24) is 18.3 Å². The van der Waals surface area contributed by atoms with Crippen LogP contribution in [0.15, 0.2) is 27.1 Å². The maximum Gasteiger partial charge on any atom is 0.262 e. The Morgan fingerprint density at radius 3 is 1.53 bits per heavy atom. The summed E-state index contributed by atoms with van der Waals surface area (Å²) in [5.41, 5.74) is -0.991. The Balaban J connectivity index is 2.59. The molecule has 0 unspecified atom stereocenters. The van der Waals surface area contributed by atoms with E-state index in [1.54, 1.807) is 26.0 Å². The first-order valence-electron chi connectivity index (χ1n) is 10.4. The Bertz CT molecular complexity index is 1290. The smallest absolute Gasteiger partial charge is 0.262 e. The van der Waals surface area contributed by atoms with Gasteiger partial charge in [-0.3, -0.25) is 27.9 Å². The fourth-order valence-corrected chi connectivity index (χ4v) is 5.63. The van der Waals surface area contributed by atoms with Crippen LogP contribution in [0.1, 0.15) is 49.6 Å². The van der Waals surface area contributed by atoms with Crippen molar-refractivity contribution in [3.63, 3.8) is 0 Å². The molecule has 0 spiro atoms. The zero-order valence-corrected chi connectivity index (χ0v) is 20.8. The van der Waals surface area contributed by atoms with Crippen LogP contribution in [0.5, 0.6) is 11.8 Å². The lowest BCUT2D eigenvalue weighted by atomic mass is 9.92. The molecular formula is C21H26N4O4S3. The minimum Gasteiger partial charge on any atom is -0.494 e. The quantitative estimate of drug-likeness (QED) is 0.485. The summed E-state index contributed by atoms with van der Waals surface area (Å²) in [4.78, 5) is 27.7. The molecule has 172 valence electrons. The molecule has 0 saturated heterocycles. The Kier molecular flexibility index (Phi) is 7.21. The predicted molar refractivity (Wildman–Crippen MR) is 130 cm³/mol. The summed E-state index contributed by atoms with van der Waals surface area (Å²) in [6.07, 6.45) is 0. The van der Waals surface area contributed by atoms with Crippen molar-refractivity contribution in [2.75, 3.05) is 0 Å². The molecule has 8 nitrogen and oxygen atoms in total. The average Bonchev–Trinajstić information content (AvgIpc) is 3.28. The summed E-state index contributed by atoms with van der Waals surface area (Å²) in [5.74, 6) is -1.61. The number of aromatic hydroxyl groups is 2. The molecule has 0 atom stereocenters. The van der Waals surface area contributed by atoms with Gasteiger partial charge >= 0.3 is 0 Å². The van der Waals surface area contributed by atoms with Gasteiger partial charge in [-0.1, -0.05) is 6.07 Å².